The van der Waals surface area contributed by atoms with Crippen LogP contribution >= 0.6 is 35.7 Å². The quantitative estimate of drug-likeness (QED) is 0.388. The Morgan fingerprint density at radius 2 is 2.04 bits per heavy atom. The van der Waals surface area contributed by atoms with Crippen LogP contribution in [0.5, 0.6) is 11.5 Å². The molecule has 1 atom stereocenters. The van der Waals surface area contributed by atoms with Gasteiger partial charge in [-0.1, -0.05) is 6.07 Å². The number of nitrogens with one attached hydrogen (secondary N) is 1. The summed E-state index contributed by atoms with van der Waals surface area (Å²) < 4.78 is 10.8. The number of guanidine groups is 1. The molecule has 8 heteroatoms. The lowest BCUT2D eigenvalue weighted by atomic mass is 9.97. The number of halogens is 1. The Bertz CT molecular complexity index is 636. The van der Waals surface area contributed by atoms with Crippen molar-refractivity contribution in [1.29, 1.82) is 0 Å². The molecule has 0 aromatic heterocycles. The molecule has 0 aliphatic carbocycles. The minimum absolute atomic E-state index is 0. The van der Waals surface area contributed by atoms with Gasteiger partial charge in [-0.2, -0.15) is 11.8 Å². The van der Waals surface area contributed by atoms with E-state index in [1.165, 1.54) is 17.7 Å². The maximum Gasteiger partial charge on any atom is 0.231 e. The highest BCUT2D eigenvalue weighted by Gasteiger charge is 2.36. The molecule has 0 bridgehead atoms. The summed E-state index contributed by atoms with van der Waals surface area (Å²) in [5.74, 6) is 4.95. The third-order valence-electron chi connectivity index (χ3n) is 5.04. The number of rotatable bonds is 5. The molecule has 1 fully saturated rings. The summed E-state index contributed by atoms with van der Waals surface area (Å²) in [6.45, 7) is 1.98. The van der Waals surface area contributed by atoms with E-state index in [2.05, 4.69) is 47.3 Å². The van der Waals surface area contributed by atoms with Gasteiger partial charge in [-0.15, -0.1) is 24.0 Å². The highest BCUT2D eigenvalue weighted by molar-refractivity contribution is 14.0. The Morgan fingerprint density at radius 3 is 2.69 bits per heavy atom. The number of likely N-dealkylation sites (N-methyl/N-ethyl adjacent to an activating group) is 1. The summed E-state index contributed by atoms with van der Waals surface area (Å²) in [6.07, 6.45) is 1.21. The fourth-order valence-electron chi connectivity index (χ4n) is 3.26. The lowest BCUT2D eigenvalue weighted by Gasteiger charge is -2.37. The molecule has 0 spiro atoms. The van der Waals surface area contributed by atoms with Gasteiger partial charge in [-0.05, 0) is 44.0 Å². The topological polar surface area (TPSA) is 49.3 Å². The van der Waals surface area contributed by atoms with Crippen molar-refractivity contribution in [2.45, 2.75) is 18.5 Å². The standard InChI is InChI=1S/C18H28N4O2S.HI/c1-19-17(20-11-18(21(2)3)7-8-25-12-18)22(4)10-14-5-6-15-16(9-14)24-13-23-15;/h5-6,9H,7-8,10-13H2,1-4H3,(H,19,20);1H. The third kappa shape index (κ3) is 4.69. The molecule has 2 aliphatic heterocycles. The van der Waals surface area contributed by atoms with Crippen molar-refractivity contribution in [3.05, 3.63) is 23.8 Å². The first-order valence-electron chi connectivity index (χ1n) is 8.59. The van der Waals surface area contributed by atoms with E-state index in [1.807, 2.05) is 30.9 Å². The first kappa shape index (κ1) is 21.4. The molecule has 1 saturated heterocycles. The summed E-state index contributed by atoms with van der Waals surface area (Å²) in [5.41, 5.74) is 1.38. The summed E-state index contributed by atoms with van der Waals surface area (Å²) in [4.78, 5) is 8.95. The van der Waals surface area contributed by atoms with Gasteiger partial charge in [0.15, 0.2) is 17.5 Å². The van der Waals surface area contributed by atoms with Crippen LogP contribution in [0.3, 0.4) is 0 Å². The fourth-order valence-corrected chi connectivity index (χ4v) is 4.82. The van der Waals surface area contributed by atoms with E-state index in [1.54, 1.807) is 0 Å². The van der Waals surface area contributed by atoms with E-state index >= 15 is 0 Å². The van der Waals surface area contributed by atoms with Crippen LogP contribution in [0.25, 0.3) is 0 Å². The Labute approximate surface area is 177 Å². The Morgan fingerprint density at radius 1 is 1.27 bits per heavy atom. The molecule has 1 aromatic rings. The van der Waals surface area contributed by atoms with E-state index in [0.717, 1.165) is 36.3 Å². The zero-order valence-corrected chi connectivity index (χ0v) is 19.1. The number of benzene rings is 1. The van der Waals surface area contributed by atoms with Crippen LogP contribution in [0.4, 0.5) is 0 Å². The second-order valence-electron chi connectivity index (χ2n) is 6.87. The number of ether oxygens (including phenoxy) is 2. The molecule has 1 aromatic carbocycles. The van der Waals surface area contributed by atoms with Gasteiger partial charge in [0.2, 0.25) is 6.79 Å². The fraction of sp³-hybridized carbons (Fsp3) is 0.611. The van der Waals surface area contributed by atoms with Gasteiger partial charge in [-0.3, -0.25) is 4.99 Å². The Balaban J connectivity index is 0.00000243. The number of nitrogens with zero attached hydrogens (tertiary/aromatic N) is 3. The molecule has 3 rings (SSSR count). The number of fused-ring (bicyclic) bond motifs is 1. The normalized spacial score (nSPS) is 21.7. The minimum atomic E-state index is 0. The smallest absolute Gasteiger partial charge is 0.231 e. The molecule has 0 saturated carbocycles. The van der Waals surface area contributed by atoms with Gasteiger partial charge in [0.25, 0.3) is 0 Å². The second kappa shape index (κ2) is 9.36. The molecule has 0 radical (unpaired) electrons. The van der Waals surface area contributed by atoms with Gasteiger partial charge >= 0.3 is 0 Å². The third-order valence-corrected chi connectivity index (χ3v) is 6.27. The van der Waals surface area contributed by atoms with Gasteiger partial charge < -0.3 is 24.6 Å². The maximum absolute atomic E-state index is 5.47. The number of hydrogen-bond acceptors (Lipinski definition) is 5. The predicted octanol–water partition coefficient (Wildman–Crippen LogP) is 2.48. The van der Waals surface area contributed by atoms with Gasteiger partial charge in [0.05, 0.1) is 0 Å². The van der Waals surface area contributed by atoms with E-state index in [0.29, 0.717) is 6.79 Å². The molecular weight excluding hydrogens is 463 g/mol. The summed E-state index contributed by atoms with van der Waals surface area (Å²) in [6, 6.07) is 6.09. The highest BCUT2D eigenvalue weighted by atomic mass is 127. The van der Waals surface area contributed by atoms with Crippen LogP contribution in [0.2, 0.25) is 0 Å². The maximum atomic E-state index is 5.47. The molecule has 2 heterocycles. The molecule has 0 amide bonds. The monoisotopic (exact) mass is 492 g/mol. The molecule has 146 valence electrons. The zero-order chi connectivity index (χ0) is 17.9. The highest BCUT2D eigenvalue weighted by Crippen LogP contribution is 2.33. The van der Waals surface area contributed by atoms with E-state index in [9.17, 15) is 0 Å². The van der Waals surface area contributed by atoms with Crippen LogP contribution in [0.15, 0.2) is 23.2 Å². The van der Waals surface area contributed by atoms with Crippen molar-refractivity contribution in [1.82, 2.24) is 15.1 Å². The molecule has 2 aliphatic rings. The number of thioether (sulfide) groups is 1. The van der Waals surface area contributed by atoms with Crippen molar-refractivity contribution in [3.63, 3.8) is 0 Å². The van der Waals surface area contributed by atoms with Crippen LogP contribution in [0, 0.1) is 0 Å². The first-order chi connectivity index (χ1) is 12.0. The van der Waals surface area contributed by atoms with Crippen LogP contribution in [0.1, 0.15) is 12.0 Å². The molecule has 6 nitrogen and oxygen atoms in total. The van der Waals surface area contributed by atoms with Crippen molar-refractivity contribution >= 4 is 41.7 Å². The number of aliphatic imine (C=N–C) groups is 1. The largest absolute Gasteiger partial charge is 0.454 e. The van der Waals surface area contributed by atoms with E-state index in [-0.39, 0.29) is 29.5 Å². The Hall–Kier alpha value is -0.870. The zero-order valence-electron chi connectivity index (χ0n) is 15.9. The summed E-state index contributed by atoms with van der Waals surface area (Å²) >= 11 is 2.03. The molecule has 26 heavy (non-hydrogen) atoms. The second-order valence-corrected chi connectivity index (χ2v) is 7.97. The summed E-state index contributed by atoms with van der Waals surface area (Å²) in [7, 11) is 8.25. The van der Waals surface area contributed by atoms with Crippen molar-refractivity contribution in [2.24, 2.45) is 4.99 Å². The van der Waals surface area contributed by atoms with E-state index < -0.39 is 0 Å². The van der Waals surface area contributed by atoms with Crippen LogP contribution in [-0.4, -0.2) is 74.3 Å². The van der Waals surface area contributed by atoms with E-state index in [4.69, 9.17) is 9.47 Å². The average Bonchev–Trinajstić information content (AvgIpc) is 3.24. The average molecular weight is 492 g/mol. The van der Waals surface area contributed by atoms with Gasteiger partial charge in [0, 0.05) is 38.5 Å². The van der Waals surface area contributed by atoms with Crippen molar-refractivity contribution in [2.75, 3.05) is 53.0 Å². The summed E-state index contributed by atoms with van der Waals surface area (Å²) in [5, 5.41) is 3.57. The molecule has 1 N–H and O–H groups in total. The van der Waals surface area contributed by atoms with Gasteiger partial charge in [0.1, 0.15) is 0 Å². The minimum Gasteiger partial charge on any atom is -0.454 e. The lowest BCUT2D eigenvalue weighted by Crippen LogP contribution is -2.54. The van der Waals surface area contributed by atoms with Crippen molar-refractivity contribution in [3.8, 4) is 11.5 Å². The Kier molecular flexibility index (Phi) is 7.72. The SMILES string of the molecule is CN=C(NCC1(N(C)C)CCSC1)N(C)Cc1ccc2c(c1)OCO2.I. The lowest BCUT2D eigenvalue weighted by molar-refractivity contribution is 0.174. The van der Waals surface area contributed by atoms with Crippen molar-refractivity contribution < 1.29 is 9.47 Å². The predicted molar refractivity (Wildman–Crippen MR) is 119 cm³/mol. The van der Waals surface area contributed by atoms with Crippen LogP contribution in [-0.2, 0) is 6.54 Å². The van der Waals surface area contributed by atoms with Crippen LogP contribution < -0.4 is 14.8 Å². The first-order valence-corrected chi connectivity index (χ1v) is 9.75. The molecule has 1 unspecified atom stereocenters. The molecular formula is C18H29IN4O2S. The number of hydrogen-bond donors (Lipinski definition) is 1. The van der Waals surface area contributed by atoms with Gasteiger partial charge in [-0.25, -0.2) is 0 Å².